The van der Waals surface area contributed by atoms with Crippen molar-refractivity contribution in [1.29, 1.82) is 0 Å². The number of rotatable bonds is 4. The highest BCUT2D eigenvalue weighted by Gasteiger charge is 2.28. The van der Waals surface area contributed by atoms with Crippen molar-refractivity contribution in [3.63, 3.8) is 0 Å². The molecule has 150 valence electrons. The summed E-state index contributed by atoms with van der Waals surface area (Å²) >= 11 is 1.97. The van der Waals surface area contributed by atoms with Gasteiger partial charge in [0, 0.05) is 38.5 Å². The van der Waals surface area contributed by atoms with E-state index in [4.69, 9.17) is 4.74 Å². The fourth-order valence-corrected chi connectivity index (χ4v) is 5.11. The fourth-order valence-electron chi connectivity index (χ4n) is 4.05. The number of fused-ring (bicyclic) bond motifs is 1. The van der Waals surface area contributed by atoms with Gasteiger partial charge < -0.3 is 15.0 Å². The normalized spacial score (nSPS) is 21.4. The first-order valence-corrected chi connectivity index (χ1v) is 11.4. The number of amides is 2. The molecule has 0 bridgehead atoms. The molecule has 6 heteroatoms. The summed E-state index contributed by atoms with van der Waals surface area (Å²) in [7, 11) is 0. The molecule has 0 aliphatic carbocycles. The van der Waals surface area contributed by atoms with Crippen LogP contribution in [0.1, 0.15) is 12.0 Å². The second-order valence-corrected chi connectivity index (χ2v) is 8.64. The monoisotopic (exact) mass is 399 g/mol. The Morgan fingerprint density at radius 1 is 1.11 bits per heavy atom. The molecule has 2 heterocycles. The standard InChI is InChI=1S/C22H29N3O2S/c26-22(23-15-19-7-3-6-18-5-1-2-8-21(18)19)25-9-4-14-28-17-20(25)16-24-10-12-27-13-11-24/h1-3,5-8,20H,4,9-17H2,(H,23,26). The van der Waals surface area contributed by atoms with Gasteiger partial charge in [-0.25, -0.2) is 4.79 Å². The largest absolute Gasteiger partial charge is 0.379 e. The van der Waals surface area contributed by atoms with Gasteiger partial charge in [0.2, 0.25) is 0 Å². The minimum Gasteiger partial charge on any atom is -0.379 e. The van der Waals surface area contributed by atoms with E-state index in [2.05, 4.69) is 57.6 Å². The molecule has 4 rings (SSSR count). The van der Waals surface area contributed by atoms with Crippen LogP contribution in [0.2, 0.25) is 0 Å². The lowest BCUT2D eigenvalue weighted by atomic mass is 10.0. The zero-order valence-electron chi connectivity index (χ0n) is 16.3. The maximum absolute atomic E-state index is 13.1. The number of nitrogens with zero attached hydrogens (tertiary/aromatic N) is 2. The Hall–Kier alpha value is -1.76. The quantitative estimate of drug-likeness (QED) is 0.858. The lowest BCUT2D eigenvalue weighted by Crippen LogP contribution is -2.52. The van der Waals surface area contributed by atoms with Gasteiger partial charge in [0.15, 0.2) is 0 Å². The summed E-state index contributed by atoms with van der Waals surface area (Å²) in [5.74, 6) is 2.14. The molecule has 2 amide bonds. The zero-order chi connectivity index (χ0) is 19.2. The van der Waals surface area contributed by atoms with E-state index >= 15 is 0 Å². The van der Waals surface area contributed by atoms with E-state index in [1.807, 2.05) is 11.8 Å². The Morgan fingerprint density at radius 3 is 2.82 bits per heavy atom. The molecule has 1 unspecified atom stereocenters. The number of morpholine rings is 1. The van der Waals surface area contributed by atoms with Crippen LogP contribution >= 0.6 is 11.8 Å². The van der Waals surface area contributed by atoms with Crippen LogP contribution < -0.4 is 5.32 Å². The van der Waals surface area contributed by atoms with E-state index in [1.54, 1.807) is 0 Å². The molecule has 5 nitrogen and oxygen atoms in total. The van der Waals surface area contributed by atoms with E-state index in [9.17, 15) is 4.79 Å². The molecule has 1 N–H and O–H groups in total. The lowest BCUT2D eigenvalue weighted by Gasteiger charge is -2.35. The zero-order valence-corrected chi connectivity index (χ0v) is 17.1. The number of urea groups is 1. The van der Waals surface area contributed by atoms with Crippen molar-refractivity contribution in [1.82, 2.24) is 15.1 Å². The second kappa shape index (κ2) is 9.63. The summed E-state index contributed by atoms with van der Waals surface area (Å²) in [4.78, 5) is 17.6. The van der Waals surface area contributed by atoms with E-state index < -0.39 is 0 Å². The molecule has 2 aromatic rings. The third kappa shape index (κ3) is 4.80. The van der Waals surface area contributed by atoms with Gasteiger partial charge in [-0.15, -0.1) is 0 Å². The molecule has 2 aliphatic rings. The SMILES string of the molecule is O=C(NCc1cccc2ccccc12)N1CCCSCC1CN1CCOCC1. The molecule has 28 heavy (non-hydrogen) atoms. The smallest absolute Gasteiger partial charge is 0.317 e. The molecule has 0 spiro atoms. The van der Waals surface area contributed by atoms with Gasteiger partial charge in [0.25, 0.3) is 0 Å². The van der Waals surface area contributed by atoms with Crippen LogP contribution in [0.4, 0.5) is 4.79 Å². The van der Waals surface area contributed by atoms with Crippen molar-refractivity contribution in [3.8, 4) is 0 Å². The van der Waals surface area contributed by atoms with Gasteiger partial charge in [-0.05, 0) is 28.5 Å². The van der Waals surface area contributed by atoms with Gasteiger partial charge in [-0.2, -0.15) is 11.8 Å². The lowest BCUT2D eigenvalue weighted by molar-refractivity contribution is 0.0283. The Morgan fingerprint density at radius 2 is 1.93 bits per heavy atom. The molecule has 1 atom stereocenters. The summed E-state index contributed by atoms with van der Waals surface area (Å²) in [6, 6.07) is 15.0. The minimum absolute atomic E-state index is 0.0636. The van der Waals surface area contributed by atoms with Crippen LogP contribution in [0.25, 0.3) is 10.8 Å². The summed E-state index contributed by atoms with van der Waals surface area (Å²) in [6.07, 6.45) is 1.06. The number of hydrogen-bond donors (Lipinski definition) is 1. The second-order valence-electron chi connectivity index (χ2n) is 7.49. The Labute approximate surface area is 171 Å². The maximum Gasteiger partial charge on any atom is 0.317 e. The van der Waals surface area contributed by atoms with E-state index in [-0.39, 0.29) is 12.1 Å². The fraction of sp³-hybridized carbons (Fsp3) is 0.500. The van der Waals surface area contributed by atoms with Gasteiger partial charge in [0.1, 0.15) is 0 Å². The molecule has 2 fully saturated rings. The maximum atomic E-state index is 13.1. The van der Waals surface area contributed by atoms with Crippen molar-refractivity contribution >= 4 is 28.6 Å². The Kier molecular flexibility index (Phi) is 6.73. The van der Waals surface area contributed by atoms with Crippen LogP contribution in [-0.4, -0.2) is 72.8 Å². The van der Waals surface area contributed by atoms with Crippen LogP contribution in [0.3, 0.4) is 0 Å². The van der Waals surface area contributed by atoms with Crippen LogP contribution in [0.5, 0.6) is 0 Å². The number of benzene rings is 2. The highest BCUT2D eigenvalue weighted by Crippen LogP contribution is 2.20. The third-order valence-corrected chi connectivity index (χ3v) is 6.78. The minimum atomic E-state index is 0.0636. The number of nitrogens with one attached hydrogen (secondary N) is 1. The number of carbonyl (C=O) groups is 1. The highest BCUT2D eigenvalue weighted by atomic mass is 32.2. The Bertz CT molecular complexity index is 789. The van der Waals surface area contributed by atoms with Gasteiger partial charge in [-0.1, -0.05) is 42.5 Å². The van der Waals surface area contributed by atoms with Crippen LogP contribution in [0, 0.1) is 0 Å². The molecule has 2 aromatic carbocycles. The molecule has 0 aromatic heterocycles. The van der Waals surface area contributed by atoms with Crippen molar-refractivity contribution in [3.05, 3.63) is 48.0 Å². The number of thioether (sulfide) groups is 1. The van der Waals surface area contributed by atoms with Gasteiger partial charge >= 0.3 is 6.03 Å². The van der Waals surface area contributed by atoms with E-state index in [0.717, 1.165) is 57.3 Å². The predicted octanol–water partition coefficient (Wildman–Crippen LogP) is 3.19. The topological polar surface area (TPSA) is 44.8 Å². The number of ether oxygens (including phenoxy) is 1. The van der Waals surface area contributed by atoms with Gasteiger partial charge in [0.05, 0.1) is 19.3 Å². The molecular weight excluding hydrogens is 370 g/mol. The van der Waals surface area contributed by atoms with Crippen molar-refractivity contribution in [2.75, 3.05) is 50.9 Å². The highest BCUT2D eigenvalue weighted by molar-refractivity contribution is 7.99. The van der Waals surface area contributed by atoms with E-state index in [1.165, 1.54) is 16.3 Å². The molecular formula is C22H29N3O2S. The first kappa shape index (κ1) is 19.6. The molecule has 2 saturated heterocycles. The van der Waals surface area contributed by atoms with Gasteiger partial charge in [-0.3, -0.25) is 4.90 Å². The summed E-state index contributed by atoms with van der Waals surface area (Å²) in [5, 5.41) is 5.61. The summed E-state index contributed by atoms with van der Waals surface area (Å²) in [5.41, 5.74) is 1.17. The van der Waals surface area contributed by atoms with Crippen molar-refractivity contribution < 1.29 is 9.53 Å². The number of hydrogen-bond acceptors (Lipinski definition) is 4. The first-order valence-electron chi connectivity index (χ1n) is 10.2. The molecule has 0 saturated carbocycles. The third-order valence-electron chi connectivity index (χ3n) is 5.58. The Balaban J connectivity index is 1.42. The van der Waals surface area contributed by atoms with Crippen LogP contribution in [-0.2, 0) is 11.3 Å². The number of carbonyl (C=O) groups excluding carboxylic acids is 1. The van der Waals surface area contributed by atoms with Crippen molar-refractivity contribution in [2.45, 2.75) is 19.0 Å². The van der Waals surface area contributed by atoms with Crippen molar-refractivity contribution in [2.24, 2.45) is 0 Å². The average molecular weight is 400 g/mol. The predicted molar refractivity (Wildman–Crippen MR) is 116 cm³/mol. The van der Waals surface area contributed by atoms with E-state index in [0.29, 0.717) is 6.54 Å². The molecule has 0 radical (unpaired) electrons. The van der Waals surface area contributed by atoms with Crippen LogP contribution in [0.15, 0.2) is 42.5 Å². The summed E-state index contributed by atoms with van der Waals surface area (Å²) in [6.45, 7) is 5.87. The first-order chi connectivity index (χ1) is 13.8. The molecule has 2 aliphatic heterocycles. The average Bonchev–Trinajstić information content (AvgIpc) is 2.98. The summed E-state index contributed by atoms with van der Waals surface area (Å²) < 4.78 is 5.47.